The number of carbonyl (C=O) groups is 1. The third-order valence-corrected chi connectivity index (χ3v) is 7.30. The maximum atomic E-state index is 12.6. The molecule has 7 nitrogen and oxygen atoms in total. The molecule has 0 atom stereocenters. The van der Waals surface area contributed by atoms with Gasteiger partial charge in [0.05, 0.1) is 10.3 Å². The highest BCUT2D eigenvalue weighted by Gasteiger charge is 2.20. The standard InChI is InChI=1S/C20H21N3O4S2/c1-29(26,27)13-6-4-5-12(11-13)21-17(24)10-9-16-22-19(25)18-14-7-2-3-8-15(14)28-20(18)23-16/h4-6,11H,2-3,7-10H2,1H3,(H,21,24)(H,22,23,25). The molecule has 0 saturated heterocycles. The van der Waals surface area contributed by atoms with Gasteiger partial charge in [0.15, 0.2) is 9.84 Å². The molecular weight excluding hydrogens is 410 g/mol. The molecule has 1 aromatic carbocycles. The maximum Gasteiger partial charge on any atom is 0.259 e. The zero-order valence-corrected chi connectivity index (χ0v) is 17.6. The molecule has 2 heterocycles. The summed E-state index contributed by atoms with van der Waals surface area (Å²) in [5, 5.41) is 3.40. The molecule has 0 saturated carbocycles. The number of aryl methyl sites for hydroxylation is 3. The number of nitrogens with zero attached hydrogens (tertiary/aromatic N) is 1. The molecule has 0 fully saturated rings. The van der Waals surface area contributed by atoms with Crippen LogP contribution < -0.4 is 10.9 Å². The van der Waals surface area contributed by atoms with Gasteiger partial charge in [-0.15, -0.1) is 11.3 Å². The van der Waals surface area contributed by atoms with Crippen LogP contribution in [0.25, 0.3) is 10.2 Å². The van der Waals surface area contributed by atoms with Crippen LogP contribution in [0.4, 0.5) is 5.69 Å². The summed E-state index contributed by atoms with van der Waals surface area (Å²) < 4.78 is 23.3. The van der Waals surface area contributed by atoms with Crippen molar-refractivity contribution in [3.8, 4) is 0 Å². The zero-order valence-electron chi connectivity index (χ0n) is 15.9. The molecule has 9 heteroatoms. The van der Waals surface area contributed by atoms with Crippen LogP contribution in [0.5, 0.6) is 0 Å². The number of fused-ring (bicyclic) bond motifs is 3. The fourth-order valence-corrected chi connectivity index (χ4v) is 5.53. The van der Waals surface area contributed by atoms with Gasteiger partial charge < -0.3 is 10.3 Å². The van der Waals surface area contributed by atoms with Gasteiger partial charge in [-0.1, -0.05) is 6.07 Å². The Morgan fingerprint density at radius 1 is 1.28 bits per heavy atom. The Bertz CT molecular complexity index is 1260. The van der Waals surface area contributed by atoms with Crippen molar-refractivity contribution < 1.29 is 13.2 Å². The van der Waals surface area contributed by atoms with Gasteiger partial charge in [-0.3, -0.25) is 9.59 Å². The first-order valence-electron chi connectivity index (χ1n) is 9.44. The van der Waals surface area contributed by atoms with Gasteiger partial charge in [-0.2, -0.15) is 0 Å². The largest absolute Gasteiger partial charge is 0.326 e. The average molecular weight is 432 g/mol. The van der Waals surface area contributed by atoms with Gasteiger partial charge in [-0.05, 0) is 49.4 Å². The molecule has 1 aliphatic carbocycles. The van der Waals surface area contributed by atoms with Crippen molar-refractivity contribution in [2.75, 3.05) is 11.6 Å². The molecule has 3 aromatic rings. The zero-order chi connectivity index (χ0) is 20.6. The lowest BCUT2D eigenvalue weighted by Crippen LogP contribution is -2.16. The minimum absolute atomic E-state index is 0.128. The van der Waals surface area contributed by atoms with E-state index in [0.29, 0.717) is 23.3 Å². The SMILES string of the molecule is CS(=O)(=O)c1cccc(NC(=O)CCc2nc3sc4c(c3c(=O)[nH]2)CCCC4)c1. The number of amides is 1. The van der Waals surface area contributed by atoms with E-state index in [2.05, 4.69) is 15.3 Å². The molecule has 0 radical (unpaired) electrons. The van der Waals surface area contributed by atoms with Gasteiger partial charge in [0.25, 0.3) is 5.56 Å². The van der Waals surface area contributed by atoms with Crippen molar-refractivity contribution in [3.05, 3.63) is 50.9 Å². The van der Waals surface area contributed by atoms with Crippen LogP contribution in [0.2, 0.25) is 0 Å². The third-order valence-electron chi connectivity index (χ3n) is 5.01. The summed E-state index contributed by atoms with van der Waals surface area (Å²) in [6, 6.07) is 6.12. The second-order valence-electron chi connectivity index (χ2n) is 7.25. The lowest BCUT2D eigenvalue weighted by atomic mass is 9.97. The van der Waals surface area contributed by atoms with Crippen LogP contribution in [-0.4, -0.2) is 30.5 Å². The molecule has 1 aliphatic rings. The Hall–Kier alpha value is -2.52. The Kier molecular flexibility index (Phi) is 5.26. The lowest BCUT2D eigenvalue weighted by Gasteiger charge is -2.09. The second-order valence-corrected chi connectivity index (χ2v) is 10.4. The van der Waals surface area contributed by atoms with Crippen LogP contribution >= 0.6 is 11.3 Å². The number of benzene rings is 1. The van der Waals surface area contributed by atoms with E-state index in [0.717, 1.165) is 42.3 Å². The first-order valence-corrected chi connectivity index (χ1v) is 12.2. The predicted octanol–water partition coefficient (Wildman–Crippen LogP) is 2.84. The van der Waals surface area contributed by atoms with E-state index < -0.39 is 9.84 Å². The normalized spacial score (nSPS) is 14.0. The van der Waals surface area contributed by atoms with Crippen LogP contribution in [-0.2, 0) is 33.9 Å². The smallest absolute Gasteiger partial charge is 0.259 e. The molecule has 2 N–H and O–H groups in total. The number of sulfone groups is 1. The highest BCUT2D eigenvalue weighted by Crippen LogP contribution is 2.33. The summed E-state index contributed by atoms with van der Waals surface area (Å²) in [5.41, 5.74) is 1.42. The van der Waals surface area contributed by atoms with Crippen LogP contribution in [0, 0.1) is 0 Å². The number of hydrogen-bond acceptors (Lipinski definition) is 6. The van der Waals surface area contributed by atoms with E-state index in [9.17, 15) is 18.0 Å². The lowest BCUT2D eigenvalue weighted by molar-refractivity contribution is -0.116. The van der Waals surface area contributed by atoms with Crippen molar-refractivity contribution in [3.63, 3.8) is 0 Å². The molecule has 2 aromatic heterocycles. The Morgan fingerprint density at radius 2 is 2.07 bits per heavy atom. The van der Waals surface area contributed by atoms with Crippen LogP contribution in [0.3, 0.4) is 0 Å². The molecule has 152 valence electrons. The van der Waals surface area contributed by atoms with Crippen LogP contribution in [0.15, 0.2) is 34.0 Å². The number of aromatic amines is 1. The molecule has 1 amide bonds. The third kappa shape index (κ3) is 4.25. The molecule has 0 unspecified atom stereocenters. The number of nitrogens with one attached hydrogen (secondary N) is 2. The minimum atomic E-state index is -3.34. The van der Waals surface area contributed by atoms with Crippen LogP contribution in [0.1, 0.15) is 35.5 Å². The Balaban J connectivity index is 1.47. The fraction of sp³-hybridized carbons (Fsp3) is 0.350. The van der Waals surface area contributed by atoms with E-state index in [1.165, 1.54) is 17.0 Å². The number of hydrogen-bond donors (Lipinski definition) is 2. The van der Waals surface area contributed by atoms with Gasteiger partial charge >= 0.3 is 0 Å². The molecule has 0 aliphatic heterocycles. The fourth-order valence-electron chi connectivity index (χ4n) is 3.59. The van der Waals surface area contributed by atoms with Crippen molar-refractivity contribution >= 4 is 43.0 Å². The van der Waals surface area contributed by atoms with E-state index >= 15 is 0 Å². The molecule has 0 spiro atoms. The highest BCUT2D eigenvalue weighted by atomic mass is 32.2. The van der Waals surface area contributed by atoms with E-state index in [4.69, 9.17) is 0 Å². The van der Waals surface area contributed by atoms with Gasteiger partial charge in [-0.25, -0.2) is 13.4 Å². The van der Waals surface area contributed by atoms with Crippen molar-refractivity contribution in [2.45, 2.75) is 43.4 Å². The van der Waals surface area contributed by atoms with Gasteiger partial charge in [0, 0.05) is 29.7 Å². The first-order chi connectivity index (χ1) is 13.8. The summed E-state index contributed by atoms with van der Waals surface area (Å²) in [6.07, 6.45) is 5.71. The predicted molar refractivity (Wildman–Crippen MR) is 113 cm³/mol. The summed E-state index contributed by atoms with van der Waals surface area (Å²) in [5.74, 6) is 0.213. The summed E-state index contributed by atoms with van der Waals surface area (Å²) in [6.45, 7) is 0. The van der Waals surface area contributed by atoms with Crippen molar-refractivity contribution in [1.82, 2.24) is 9.97 Å². The molecule has 29 heavy (non-hydrogen) atoms. The quantitative estimate of drug-likeness (QED) is 0.646. The topological polar surface area (TPSA) is 109 Å². The molecule has 0 bridgehead atoms. The average Bonchev–Trinajstić information content (AvgIpc) is 3.05. The number of thiophene rings is 1. The van der Waals surface area contributed by atoms with E-state index in [1.54, 1.807) is 23.5 Å². The summed E-state index contributed by atoms with van der Waals surface area (Å²) in [7, 11) is -3.34. The monoisotopic (exact) mass is 431 g/mol. The summed E-state index contributed by atoms with van der Waals surface area (Å²) in [4.78, 5) is 34.4. The molecular formula is C20H21N3O4S2. The number of carbonyl (C=O) groups excluding carboxylic acids is 1. The van der Waals surface area contributed by atoms with Crippen molar-refractivity contribution in [2.24, 2.45) is 0 Å². The number of anilines is 1. The highest BCUT2D eigenvalue weighted by molar-refractivity contribution is 7.90. The Morgan fingerprint density at radius 3 is 2.86 bits per heavy atom. The second kappa shape index (κ2) is 7.72. The Labute approximate surface area is 172 Å². The maximum absolute atomic E-state index is 12.6. The number of aromatic nitrogens is 2. The summed E-state index contributed by atoms with van der Waals surface area (Å²) >= 11 is 1.58. The van der Waals surface area contributed by atoms with Gasteiger partial charge in [0.1, 0.15) is 10.7 Å². The van der Waals surface area contributed by atoms with Crippen molar-refractivity contribution in [1.29, 1.82) is 0 Å². The first kappa shape index (κ1) is 19.8. The minimum Gasteiger partial charge on any atom is -0.326 e. The van der Waals surface area contributed by atoms with E-state index in [1.807, 2.05) is 0 Å². The number of H-pyrrole nitrogens is 1. The molecule has 4 rings (SSSR count). The number of rotatable bonds is 5. The van der Waals surface area contributed by atoms with E-state index in [-0.39, 0.29) is 22.8 Å². The van der Waals surface area contributed by atoms with Gasteiger partial charge in [0.2, 0.25) is 5.91 Å².